The largest absolute Gasteiger partial charge is 0.344 e. The van der Waals surface area contributed by atoms with Gasteiger partial charge in [0.25, 0.3) is 0 Å². The number of piperazine rings is 1. The summed E-state index contributed by atoms with van der Waals surface area (Å²) < 4.78 is 27.1. The molecule has 0 spiro atoms. The number of benzene rings is 1. The molecule has 0 unspecified atom stereocenters. The van der Waals surface area contributed by atoms with Crippen LogP contribution in [0.1, 0.15) is 42.1 Å². The summed E-state index contributed by atoms with van der Waals surface area (Å²) in [6.45, 7) is 7.56. The van der Waals surface area contributed by atoms with E-state index >= 15 is 0 Å². The van der Waals surface area contributed by atoms with Crippen molar-refractivity contribution < 1.29 is 13.2 Å². The summed E-state index contributed by atoms with van der Waals surface area (Å²) >= 11 is 1.56. The van der Waals surface area contributed by atoms with E-state index in [0.29, 0.717) is 37.7 Å². The molecule has 0 amide bonds. The highest BCUT2D eigenvalue weighted by molar-refractivity contribution is 7.89. The third-order valence-electron chi connectivity index (χ3n) is 4.33. The van der Waals surface area contributed by atoms with Crippen molar-refractivity contribution >= 4 is 32.3 Å². The van der Waals surface area contributed by atoms with Crippen LogP contribution in [0.4, 0.5) is 5.13 Å². The predicted octanol–water partition coefficient (Wildman–Crippen LogP) is 2.38. The Morgan fingerprint density at radius 3 is 2.19 bits per heavy atom. The average Bonchev–Trinajstić information content (AvgIpc) is 3.12. The molecule has 1 fully saturated rings. The molecule has 7 nitrogen and oxygen atoms in total. The number of aromatic nitrogens is 2. The minimum Gasteiger partial charge on any atom is -0.344 e. The van der Waals surface area contributed by atoms with Gasteiger partial charge in [-0.3, -0.25) is 4.79 Å². The number of sulfonamides is 1. The summed E-state index contributed by atoms with van der Waals surface area (Å²) in [5.41, 5.74) is 0.506. The number of hydrogen-bond donors (Lipinski definition) is 0. The van der Waals surface area contributed by atoms with Gasteiger partial charge in [-0.15, -0.1) is 10.2 Å². The fourth-order valence-electron chi connectivity index (χ4n) is 2.72. The molecule has 1 aromatic heterocycles. The quantitative estimate of drug-likeness (QED) is 0.724. The molecule has 3 rings (SSSR count). The van der Waals surface area contributed by atoms with Crippen LogP contribution >= 0.6 is 11.3 Å². The van der Waals surface area contributed by atoms with E-state index in [2.05, 4.69) is 28.9 Å². The summed E-state index contributed by atoms with van der Waals surface area (Å²) in [4.78, 5) is 13.6. The van der Waals surface area contributed by atoms with Gasteiger partial charge in [0.1, 0.15) is 5.01 Å². The van der Waals surface area contributed by atoms with Gasteiger partial charge in [0.2, 0.25) is 15.2 Å². The summed E-state index contributed by atoms with van der Waals surface area (Å²) in [7, 11) is -3.56. The zero-order chi connectivity index (χ0) is 18.9. The molecular formula is C17H22N4O3S2. The molecular weight excluding hydrogens is 372 g/mol. The molecule has 0 aliphatic carbocycles. The highest BCUT2D eigenvalue weighted by Crippen LogP contribution is 2.27. The minimum atomic E-state index is -3.56. The zero-order valence-electron chi connectivity index (χ0n) is 15.0. The van der Waals surface area contributed by atoms with E-state index in [-0.39, 0.29) is 10.7 Å². The van der Waals surface area contributed by atoms with Crippen LogP contribution in [0.2, 0.25) is 0 Å². The van der Waals surface area contributed by atoms with Crippen LogP contribution in [0.25, 0.3) is 0 Å². The van der Waals surface area contributed by atoms with E-state index in [1.54, 1.807) is 23.5 Å². The fourth-order valence-corrected chi connectivity index (χ4v) is 5.04. The maximum atomic E-state index is 12.8. The Morgan fingerprint density at radius 1 is 1.08 bits per heavy atom. The normalized spacial score (nSPS) is 16.2. The number of carbonyl (C=O) groups excluding carboxylic acids is 1. The van der Waals surface area contributed by atoms with E-state index in [9.17, 15) is 13.2 Å². The molecule has 0 saturated carbocycles. The molecule has 0 atom stereocenters. The Hall–Kier alpha value is -1.84. The Balaban J connectivity index is 1.69. The van der Waals surface area contributed by atoms with E-state index < -0.39 is 10.0 Å². The lowest BCUT2D eigenvalue weighted by Crippen LogP contribution is -2.48. The number of anilines is 1. The van der Waals surface area contributed by atoms with Crippen molar-refractivity contribution in [2.45, 2.75) is 31.6 Å². The predicted molar refractivity (Wildman–Crippen MR) is 101 cm³/mol. The highest BCUT2D eigenvalue weighted by Gasteiger charge is 2.29. The van der Waals surface area contributed by atoms with Crippen molar-refractivity contribution in [3.63, 3.8) is 0 Å². The first kappa shape index (κ1) is 18.9. The summed E-state index contributed by atoms with van der Waals surface area (Å²) in [6.07, 6.45) is 0. The van der Waals surface area contributed by atoms with E-state index in [1.165, 1.54) is 23.4 Å². The zero-order valence-corrected chi connectivity index (χ0v) is 16.7. The minimum absolute atomic E-state index is 0.0830. The van der Waals surface area contributed by atoms with Gasteiger partial charge in [0.05, 0.1) is 4.90 Å². The average molecular weight is 395 g/mol. The van der Waals surface area contributed by atoms with Gasteiger partial charge in [0, 0.05) is 37.7 Å². The third kappa shape index (κ3) is 3.79. The second kappa shape index (κ2) is 7.42. The molecule has 9 heteroatoms. The molecule has 140 valence electrons. The van der Waals surface area contributed by atoms with Gasteiger partial charge < -0.3 is 4.90 Å². The molecule has 1 aromatic carbocycles. The lowest BCUT2D eigenvalue weighted by molar-refractivity contribution is 0.101. The van der Waals surface area contributed by atoms with Crippen LogP contribution < -0.4 is 4.90 Å². The van der Waals surface area contributed by atoms with Crippen molar-refractivity contribution in [2.24, 2.45) is 0 Å². The van der Waals surface area contributed by atoms with Gasteiger partial charge in [-0.2, -0.15) is 4.31 Å². The number of nitrogens with zero attached hydrogens (tertiary/aromatic N) is 4. The third-order valence-corrected chi connectivity index (χ3v) is 7.53. The standard InChI is InChI=1S/C17H22N4O3S2/c1-12(2)16-18-19-17(25-16)20-8-10-21(11-9-20)26(23,24)15-6-4-14(5-7-15)13(3)22/h4-7,12H,8-11H2,1-3H3. The van der Waals surface area contributed by atoms with Crippen LogP contribution in [0, 0.1) is 0 Å². The molecule has 0 N–H and O–H groups in total. The first-order chi connectivity index (χ1) is 12.3. The van der Waals surface area contributed by atoms with Crippen molar-refractivity contribution in [1.82, 2.24) is 14.5 Å². The van der Waals surface area contributed by atoms with E-state index in [0.717, 1.165) is 10.1 Å². The second-order valence-corrected chi connectivity index (χ2v) is 9.47. The van der Waals surface area contributed by atoms with Crippen LogP contribution in [0.3, 0.4) is 0 Å². The molecule has 26 heavy (non-hydrogen) atoms. The maximum absolute atomic E-state index is 12.8. The number of Topliss-reactive ketones (excluding diaryl/α,β-unsaturated/α-hetero) is 1. The SMILES string of the molecule is CC(=O)c1ccc(S(=O)(=O)N2CCN(c3nnc(C(C)C)s3)CC2)cc1. The number of hydrogen-bond acceptors (Lipinski definition) is 7. The Kier molecular flexibility index (Phi) is 5.40. The molecule has 0 bridgehead atoms. The Labute approximate surface area is 157 Å². The lowest BCUT2D eigenvalue weighted by atomic mass is 10.2. The molecule has 2 aromatic rings. The monoisotopic (exact) mass is 394 g/mol. The molecule has 1 aliphatic heterocycles. The van der Waals surface area contributed by atoms with Crippen LogP contribution in [0.5, 0.6) is 0 Å². The number of carbonyl (C=O) groups is 1. The summed E-state index contributed by atoms with van der Waals surface area (Å²) in [5.74, 6) is 0.251. The topological polar surface area (TPSA) is 83.5 Å². The van der Waals surface area contributed by atoms with E-state index in [1.807, 2.05) is 0 Å². The van der Waals surface area contributed by atoms with Gasteiger partial charge in [-0.05, 0) is 19.1 Å². The first-order valence-electron chi connectivity index (χ1n) is 8.48. The van der Waals surface area contributed by atoms with Crippen molar-refractivity contribution in [2.75, 3.05) is 31.1 Å². The van der Waals surface area contributed by atoms with Gasteiger partial charge >= 0.3 is 0 Å². The smallest absolute Gasteiger partial charge is 0.243 e. The van der Waals surface area contributed by atoms with Crippen LogP contribution in [0.15, 0.2) is 29.2 Å². The highest BCUT2D eigenvalue weighted by atomic mass is 32.2. The van der Waals surface area contributed by atoms with Gasteiger partial charge in [-0.25, -0.2) is 8.42 Å². The summed E-state index contributed by atoms with van der Waals surface area (Å²) in [6, 6.07) is 6.11. The van der Waals surface area contributed by atoms with E-state index in [4.69, 9.17) is 0 Å². The van der Waals surface area contributed by atoms with Crippen LogP contribution in [-0.2, 0) is 10.0 Å². The van der Waals surface area contributed by atoms with Crippen LogP contribution in [-0.4, -0.2) is 54.9 Å². The second-order valence-electron chi connectivity index (χ2n) is 6.55. The summed E-state index contributed by atoms with van der Waals surface area (Å²) in [5, 5.41) is 10.3. The molecule has 2 heterocycles. The first-order valence-corrected chi connectivity index (χ1v) is 10.7. The number of ketones is 1. The van der Waals surface area contributed by atoms with Gasteiger partial charge in [0.15, 0.2) is 5.78 Å². The number of rotatable bonds is 5. The van der Waals surface area contributed by atoms with Gasteiger partial charge in [-0.1, -0.05) is 37.3 Å². The Bertz CT molecular complexity index is 883. The molecule has 1 aliphatic rings. The Morgan fingerprint density at radius 2 is 1.69 bits per heavy atom. The maximum Gasteiger partial charge on any atom is 0.243 e. The van der Waals surface area contributed by atoms with Crippen molar-refractivity contribution in [3.05, 3.63) is 34.8 Å². The van der Waals surface area contributed by atoms with Crippen molar-refractivity contribution in [1.29, 1.82) is 0 Å². The fraction of sp³-hybridized carbons (Fsp3) is 0.471. The molecule has 0 radical (unpaired) electrons. The molecule has 1 saturated heterocycles. The lowest BCUT2D eigenvalue weighted by Gasteiger charge is -2.33. The van der Waals surface area contributed by atoms with Crippen molar-refractivity contribution in [3.8, 4) is 0 Å².